The van der Waals surface area contributed by atoms with Gasteiger partial charge in [0.25, 0.3) is 0 Å². The molecular formula is C7H13N5. The Morgan fingerprint density at radius 2 is 2.50 bits per heavy atom. The Morgan fingerprint density at radius 1 is 1.67 bits per heavy atom. The number of nitrogens with one attached hydrogen (secondary N) is 2. The van der Waals surface area contributed by atoms with Gasteiger partial charge in [0.05, 0.1) is 0 Å². The second kappa shape index (κ2) is 2.66. The summed E-state index contributed by atoms with van der Waals surface area (Å²) in [7, 11) is 1.82. The Balaban J connectivity index is 2.28. The summed E-state index contributed by atoms with van der Waals surface area (Å²) in [5.41, 5.74) is 0. The number of hydrogen-bond acceptors (Lipinski definition) is 4. The molecule has 66 valence electrons. The van der Waals surface area contributed by atoms with Crippen molar-refractivity contribution in [2.45, 2.75) is 25.9 Å². The summed E-state index contributed by atoms with van der Waals surface area (Å²) in [6, 6.07) is 0.506. The van der Waals surface area contributed by atoms with Gasteiger partial charge in [0.2, 0.25) is 11.9 Å². The van der Waals surface area contributed by atoms with E-state index in [-0.39, 0.29) is 0 Å². The lowest BCUT2D eigenvalue weighted by molar-refractivity contribution is 0.510. The van der Waals surface area contributed by atoms with Gasteiger partial charge in [-0.1, -0.05) is 0 Å². The molecule has 5 nitrogen and oxygen atoms in total. The van der Waals surface area contributed by atoms with E-state index in [9.17, 15) is 0 Å². The first-order chi connectivity index (χ1) is 5.79. The molecule has 0 spiro atoms. The Morgan fingerprint density at radius 3 is 3.25 bits per heavy atom. The van der Waals surface area contributed by atoms with Crippen molar-refractivity contribution < 1.29 is 0 Å². The summed E-state index contributed by atoms with van der Waals surface area (Å²) in [6.07, 6.45) is 1.11. The Kier molecular flexibility index (Phi) is 1.64. The smallest absolute Gasteiger partial charge is 0.243 e. The molecule has 0 amide bonds. The van der Waals surface area contributed by atoms with Crippen molar-refractivity contribution >= 4 is 11.9 Å². The fourth-order valence-electron chi connectivity index (χ4n) is 1.32. The van der Waals surface area contributed by atoms with Gasteiger partial charge < -0.3 is 10.6 Å². The third kappa shape index (κ3) is 1.11. The highest BCUT2D eigenvalue weighted by Crippen LogP contribution is 2.16. The molecular weight excluding hydrogens is 154 g/mol. The highest BCUT2D eigenvalue weighted by molar-refractivity contribution is 5.36. The lowest BCUT2D eigenvalue weighted by atomic mass is 10.2. The summed E-state index contributed by atoms with van der Waals surface area (Å²) < 4.78 is 1.89. The first-order valence-electron chi connectivity index (χ1n) is 4.18. The molecule has 2 heterocycles. The van der Waals surface area contributed by atoms with Crippen LogP contribution in [-0.4, -0.2) is 27.9 Å². The molecule has 12 heavy (non-hydrogen) atoms. The van der Waals surface area contributed by atoms with E-state index in [1.807, 2.05) is 11.7 Å². The molecule has 0 fully saturated rings. The fraction of sp³-hybridized carbons (Fsp3) is 0.714. The number of anilines is 2. The zero-order valence-corrected chi connectivity index (χ0v) is 7.33. The van der Waals surface area contributed by atoms with Crippen molar-refractivity contribution in [2.24, 2.45) is 0 Å². The largest absolute Gasteiger partial charge is 0.356 e. The van der Waals surface area contributed by atoms with Crippen LogP contribution >= 0.6 is 0 Å². The van der Waals surface area contributed by atoms with E-state index in [0.717, 1.165) is 18.9 Å². The SMILES string of the molecule is CNc1nc2n(n1)CCC(C)N2. The third-order valence-corrected chi connectivity index (χ3v) is 2.04. The second-order valence-electron chi connectivity index (χ2n) is 3.07. The minimum absolute atomic E-state index is 0.506. The van der Waals surface area contributed by atoms with E-state index >= 15 is 0 Å². The van der Waals surface area contributed by atoms with Crippen LogP contribution in [0.4, 0.5) is 11.9 Å². The summed E-state index contributed by atoms with van der Waals surface area (Å²) in [5, 5.41) is 10.4. The van der Waals surface area contributed by atoms with Crippen molar-refractivity contribution in [3.8, 4) is 0 Å². The average molecular weight is 167 g/mol. The van der Waals surface area contributed by atoms with Gasteiger partial charge in [-0.2, -0.15) is 4.98 Å². The number of aromatic nitrogens is 3. The predicted octanol–water partition coefficient (Wildman–Crippen LogP) is 0.524. The Labute approximate surface area is 71.2 Å². The molecule has 0 aliphatic carbocycles. The van der Waals surface area contributed by atoms with Crippen LogP contribution in [0.25, 0.3) is 0 Å². The number of rotatable bonds is 1. The summed E-state index contributed by atoms with van der Waals surface area (Å²) in [4.78, 5) is 4.25. The number of hydrogen-bond donors (Lipinski definition) is 2. The maximum absolute atomic E-state index is 4.25. The van der Waals surface area contributed by atoms with Gasteiger partial charge in [0, 0.05) is 19.6 Å². The zero-order chi connectivity index (χ0) is 8.55. The molecule has 0 bridgehead atoms. The first kappa shape index (κ1) is 7.39. The van der Waals surface area contributed by atoms with Crippen molar-refractivity contribution in [1.29, 1.82) is 0 Å². The average Bonchev–Trinajstić information content (AvgIpc) is 2.46. The normalized spacial score (nSPS) is 21.3. The van der Waals surface area contributed by atoms with Crippen LogP contribution in [0.15, 0.2) is 0 Å². The lowest BCUT2D eigenvalue weighted by Gasteiger charge is -2.20. The maximum Gasteiger partial charge on any atom is 0.243 e. The van der Waals surface area contributed by atoms with Gasteiger partial charge in [0.1, 0.15) is 0 Å². The molecule has 0 radical (unpaired) electrons. The van der Waals surface area contributed by atoms with Gasteiger partial charge in [-0.25, -0.2) is 4.68 Å². The monoisotopic (exact) mass is 167 g/mol. The third-order valence-electron chi connectivity index (χ3n) is 2.04. The molecule has 2 rings (SSSR count). The molecule has 0 saturated heterocycles. The van der Waals surface area contributed by atoms with Crippen LogP contribution in [-0.2, 0) is 6.54 Å². The molecule has 2 N–H and O–H groups in total. The van der Waals surface area contributed by atoms with E-state index in [4.69, 9.17) is 0 Å². The van der Waals surface area contributed by atoms with E-state index in [2.05, 4.69) is 27.6 Å². The van der Waals surface area contributed by atoms with Gasteiger partial charge in [-0.15, -0.1) is 5.10 Å². The molecule has 1 aromatic rings. The van der Waals surface area contributed by atoms with Crippen LogP contribution < -0.4 is 10.6 Å². The Hall–Kier alpha value is -1.26. The number of nitrogens with zero attached hydrogens (tertiary/aromatic N) is 3. The van der Waals surface area contributed by atoms with Crippen molar-refractivity contribution in [2.75, 3.05) is 17.7 Å². The minimum atomic E-state index is 0.506. The predicted molar refractivity (Wildman–Crippen MR) is 47.3 cm³/mol. The minimum Gasteiger partial charge on any atom is -0.356 e. The zero-order valence-electron chi connectivity index (χ0n) is 7.33. The second-order valence-corrected chi connectivity index (χ2v) is 3.07. The van der Waals surface area contributed by atoms with Crippen molar-refractivity contribution in [1.82, 2.24) is 14.8 Å². The number of aryl methyl sites for hydroxylation is 1. The molecule has 5 heteroatoms. The van der Waals surface area contributed by atoms with Crippen LogP contribution in [0, 0.1) is 0 Å². The fourth-order valence-corrected chi connectivity index (χ4v) is 1.32. The van der Waals surface area contributed by atoms with Crippen molar-refractivity contribution in [3.63, 3.8) is 0 Å². The van der Waals surface area contributed by atoms with Crippen LogP contribution in [0.1, 0.15) is 13.3 Å². The Bertz CT molecular complexity index is 279. The van der Waals surface area contributed by atoms with Crippen LogP contribution in [0.2, 0.25) is 0 Å². The standard InChI is InChI=1S/C7H13N5/c1-5-3-4-12-7(9-5)10-6(8-2)11-12/h5H,3-4H2,1-2H3,(H2,8,9,10,11). The van der Waals surface area contributed by atoms with Gasteiger partial charge in [0.15, 0.2) is 0 Å². The van der Waals surface area contributed by atoms with Gasteiger partial charge >= 0.3 is 0 Å². The topological polar surface area (TPSA) is 54.8 Å². The quantitative estimate of drug-likeness (QED) is 0.640. The highest BCUT2D eigenvalue weighted by atomic mass is 15.4. The number of fused-ring (bicyclic) bond motifs is 1. The molecule has 1 aromatic heterocycles. The van der Waals surface area contributed by atoms with E-state index in [0.29, 0.717) is 12.0 Å². The molecule has 1 unspecified atom stereocenters. The summed E-state index contributed by atoms with van der Waals surface area (Å²) >= 11 is 0. The molecule has 1 aliphatic rings. The lowest BCUT2D eigenvalue weighted by Crippen LogP contribution is -2.26. The molecule has 0 saturated carbocycles. The summed E-state index contributed by atoms with van der Waals surface area (Å²) in [6.45, 7) is 3.11. The van der Waals surface area contributed by atoms with Crippen LogP contribution in [0.3, 0.4) is 0 Å². The molecule has 1 aliphatic heterocycles. The maximum atomic E-state index is 4.25. The van der Waals surface area contributed by atoms with E-state index in [1.165, 1.54) is 0 Å². The molecule has 1 atom stereocenters. The van der Waals surface area contributed by atoms with E-state index in [1.54, 1.807) is 0 Å². The van der Waals surface area contributed by atoms with Gasteiger partial charge in [-0.05, 0) is 13.3 Å². The highest BCUT2D eigenvalue weighted by Gasteiger charge is 2.16. The molecule has 0 aromatic carbocycles. The van der Waals surface area contributed by atoms with Gasteiger partial charge in [-0.3, -0.25) is 0 Å². The van der Waals surface area contributed by atoms with Crippen molar-refractivity contribution in [3.05, 3.63) is 0 Å². The summed E-state index contributed by atoms with van der Waals surface area (Å²) in [5.74, 6) is 1.56. The first-order valence-corrected chi connectivity index (χ1v) is 4.18. The van der Waals surface area contributed by atoms with E-state index < -0.39 is 0 Å². The van der Waals surface area contributed by atoms with Crippen LogP contribution in [0.5, 0.6) is 0 Å².